The van der Waals surface area contributed by atoms with E-state index in [4.69, 9.17) is 23.2 Å². The van der Waals surface area contributed by atoms with E-state index in [1.165, 1.54) is 4.90 Å². The summed E-state index contributed by atoms with van der Waals surface area (Å²) < 4.78 is 0. The van der Waals surface area contributed by atoms with Crippen molar-refractivity contribution in [2.45, 2.75) is 27.5 Å². The monoisotopic (exact) mass is 392 g/mol. The average Bonchev–Trinajstić information content (AvgIpc) is 2.56. The highest BCUT2D eigenvalue weighted by Gasteiger charge is 2.05. The van der Waals surface area contributed by atoms with Gasteiger partial charge in [-0.3, -0.25) is 0 Å². The van der Waals surface area contributed by atoms with Gasteiger partial charge in [0.25, 0.3) is 0 Å². The predicted molar refractivity (Wildman–Crippen MR) is 103 cm³/mol. The van der Waals surface area contributed by atoms with E-state index in [9.17, 15) is 0 Å². The Morgan fingerprint density at radius 3 is 2.04 bits per heavy atom. The van der Waals surface area contributed by atoms with Crippen LogP contribution in [-0.4, -0.2) is 9.97 Å². The number of benzene rings is 2. The van der Waals surface area contributed by atoms with E-state index in [2.05, 4.69) is 9.97 Å². The maximum absolute atomic E-state index is 5.93. The molecule has 0 saturated heterocycles. The number of thioether (sulfide) groups is 1. The summed E-state index contributed by atoms with van der Waals surface area (Å²) in [5, 5.41) is 2.42. The second-order valence-electron chi connectivity index (χ2n) is 5.04. The Balaban J connectivity index is 1.71. The third-order valence-corrected chi connectivity index (χ3v) is 5.58. The summed E-state index contributed by atoms with van der Waals surface area (Å²) in [6.07, 6.45) is 0. The second kappa shape index (κ2) is 8.26. The lowest BCUT2D eigenvalue weighted by Crippen LogP contribution is -1.95. The molecule has 24 heavy (non-hydrogen) atoms. The molecule has 0 spiro atoms. The Bertz CT molecular complexity index is 821. The summed E-state index contributed by atoms with van der Waals surface area (Å²) in [5.41, 5.74) is 1.01. The summed E-state index contributed by atoms with van der Waals surface area (Å²) >= 11 is 15.2. The minimum atomic E-state index is 0.735. The van der Waals surface area contributed by atoms with Crippen molar-refractivity contribution in [2.24, 2.45) is 0 Å². The minimum Gasteiger partial charge on any atom is -0.237 e. The lowest BCUT2D eigenvalue weighted by Gasteiger charge is -2.06. The van der Waals surface area contributed by atoms with Gasteiger partial charge in [0, 0.05) is 25.6 Å². The fourth-order valence-corrected chi connectivity index (χ4v) is 3.97. The van der Waals surface area contributed by atoms with E-state index in [0.29, 0.717) is 0 Å². The Labute approximate surface area is 160 Å². The standard InChI is InChI=1S/C18H14Cl2N2S2/c1-12-21-15(11-23-16-6-2-13(19)3-7-16)10-18(22-12)24-17-8-4-14(20)5-9-17/h2-10H,11H2,1H3. The topological polar surface area (TPSA) is 25.8 Å². The molecule has 0 N–H and O–H groups in total. The quantitative estimate of drug-likeness (QED) is 0.363. The first-order chi connectivity index (χ1) is 11.6. The van der Waals surface area contributed by atoms with Crippen molar-refractivity contribution in [1.82, 2.24) is 9.97 Å². The first-order valence-electron chi connectivity index (χ1n) is 7.25. The SMILES string of the molecule is Cc1nc(CSc2ccc(Cl)cc2)cc(Sc2ccc(Cl)cc2)n1. The van der Waals surface area contributed by atoms with E-state index in [0.717, 1.165) is 37.2 Å². The van der Waals surface area contributed by atoms with Crippen molar-refractivity contribution in [3.63, 3.8) is 0 Å². The lowest BCUT2D eigenvalue weighted by atomic mass is 10.4. The zero-order valence-electron chi connectivity index (χ0n) is 12.9. The molecule has 0 fully saturated rings. The fraction of sp³-hybridized carbons (Fsp3) is 0.111. The van der Waals surface area contributed by atoms with Crippen LogP contribution in [0.4, 0.5) is 0 Å². The normalized spacial score (nSPS) is 10.8. The highest BCUT2D eigenvalue weighted by Crippen LogP contribution is 2.29. The van der Waals surface area contributed by atoms with Crippen molar-refractivity contribution >= 4 is 46.7 Å². The number of aryl methyl sites for hydroxylation is 1. The molecule has 0 aliphatic rings. The molecule has 2 nitrogen and oxygen atoms in total. The second-order valence-corrected chi connectivity index (χ2v) is 8.06. The number of hydrogen-bond donors (Lipinski definition) is 0. The Morgan fingerprint density at radius 1 is 0.833 bits per heavy atom. The molecule has 0 bridgehead atoms. The van der Waals surface area contributed by atoms with Crippen LogP contribution in [0.15, 0.2) is 69.4 Å². The lowest BCUT2D eigenvalue weighted by molar-refractivity contribution is 0.930. The largest absolute Gasteiger partial charge is 0.237 e. The third kappa shape index (κ3) is 5.15. The van der Waals surface area contributed by atoms with E-state index in [1.807, 2.05) is 61.5 Å². The molecule has 1 heterocycles. The first kappa shape index (κ1) is 17.6. The molecule has 3 rings (SSSR count). The highest BCUT2D eigenvalue weighted by atomic mass is 35.5. The van der Waals surface area contributed by atoms with Gasteiger partial charge in [-0.25, -0.2) is 9.97 Å². The van der Waals surface area contributed by atoms with Gasteiger partial charge in [0.15, 0.2) is 0 Å². The van der Waals surface area contributed by atoms with Crippen LogP contribution in [0.1, 0.15) is 11.5 Å². The molecule has 1 aromatic heterocycles. The van der Waals surface area contributed by atoms with Gasteiger partial charge in [0.2, 0.25) is 0 Å². The van der Waals surface area contributed by atoms with E-state index < -0.39 is 0 Å². The van der Waals surface area contributed by atoms with Crippen LogP contribution in [0.5, 0.6) is 0 Å². The van der Waals surface area contributed by atoms with Gasteiger partial charge in [-0.1, -0.05) is 35.0 Å². The molecule has 0 aliphatic heterocycles. The van der Waals surface area contributed by atoms with Crippen LogP contribution in [0.2, 0.25) is 10.0 Å². The zero-order chi connectivity index (χ0) is 16.9. The molecule has 0 saturated carbocycles. The first-order valence-corrected chi connectivity index (χ1v) is 9.81. The number of halogens is 2. The van der Waals surface area contributed by atoms with Crippen molar-refractivity contribution in [2.75, 3.05) is 0 Å². The van der Waals surface area contributed by atoms with Crippen molar-refractivity contribution in [1.29, 1.82) is 0 Å². The molecule has 0 amide bonds. The summed E-state index contributed by atoms with van der Waals surface area (Å²) in [6, 6.07) is 17.6. The Kier molecular flexibility index (Phi) is 6.06. The van der Waals surface area contributed by atoms with Crippen molar-refractivity contribution in [3.8, 4) is 0 Å². The van der Waals surface area contributed by atoms with Crippen LogP contribution < -0.4 is 0 Å². The van der Waals surface area contributed by atoms with Gasteiger partial charge < -0.3 is 0 Å². The summed E-state index contributed by atoms with van der Waals surface area (Å²) in [5.74, 6) is 1.57. The van der Waals surface area contributed by atoms with Gasteiger partial charge in [-0.2, -0.15) is 0 Å². The minimum absolute atomic E-state index is 0.735. The van der Waals surface area contributed by atoms with Gasteiger partial charge in [0.1, 0.15) is 10.9 Å². The van der Waals surface area contributed by atoms with Crippen LogP contribution in [0.3, 0.4) is 0 Å². The molecule has 122 valence electrons. The molecule has 0 unspecified atom stereocenters. The van der Waals surface area contributed by atoms with Gasteiger partial charge >= 0.3 is 0 Å². The van der Waals surface area contributed by atoms with Crippen molar-refractivity contribution < 1.29 is 0 Å². The number of nitrogens with zero attached hydrogens (tertiary/aromatic N) is 2. The zero-order valence-corrected chi connectivity index (χ0v) is 16.0. The van der Waals surface area contributed by atoms with E-state index >= 15 is 0 Å². The summed E-state index contributed by atoms with van der Waals surface area (Å²) in [6.45, 7) is 1.92. The van der Waals surface area contributed by atoms with Gasteiger partial charge in [-0.05, 0) is 61.5 Å². The number of aromatic nitrogens is 2. The van der Waals surface area contributed by atoms with Crippen LogP contribution in [0, 0.1) is 6.92 Å². The van der Waals surface area contributed by atoms with Crippen LogP contribution in [0.25, 0.3) is 0 Å². The maximum atomic E-state index is 5.93. The number of hydrogen-bond acceptors (Lipinski definition) is 4. The predicted octanol–water partition coefficient (Wildman–Crippen LogP) is 6.54. The number of rotatable bonds is 5. The molecule has 0 aliphatic carbocycles. The van der Waals surface area contributed by atoms with Gasteiger partial charge in [0.05, 0.1) is 5.69 Å². The molecule has 0 radical (unpaired) electrons. The van der Waals surface area contributed by atoms with Crippen LogP contribution >= 0.6 is 46.7 Å². The molecule has 0 atom stereocenters. The Hall–Kier alpha value is -1.20. The molecule has 2 aromatic carbocycles. The van der Waals surface area contributed by atoms with E-state index in [1.54, 1.807) is 23.5 Å². The highest BCUT2D eigenvalue weighted by molar-refractivity contribution is 7.99. The van der Waals surface area contributed by atoms with Gasteiger partial charge in [-0.15, -0.1) is 11.8 Å². The average molecular weight is 393 g/mol. The molecular formula is C18H14Cl2N2S2. The summed E-state index contributed by atoms with van der Waals surface area (Å²) in [7, 11) is 0. The fourth-order valence-electron chi connectivity index (χ4n) is 2.04. The van der Waals surface area contributed by atoms with Crippen LogP contribution in [-0.2, 0) is 5.75 Å². The molecule has 3 aromatic rings. The van der Waals surface area contributed by atoms with Crippen molar-refractivity contribution in [3.05, 3.63) is 76.2 Å². The van der Waals surface area contributed by atoms with E-state index in [-0.39, 0.29) is 0 Å². The maximum Gasteiger partial charge on any atom is 0.126 e. The Morgan fingerprint density at radius 2 is 1.42 bits per heavy atom. The molecular weight excluding hydrogens is 379 g/mol. The molecule has 6 heteroatoms. The third-order valence-electron chi connectivity index (χ3n) is 3.10. The smallest absolute Gasteiger partial charge is 0.126 e. The summed E-state index contributed by atoms with van der Waals surface area (Å²) in [4.78, 5) is 11.3.